The minimum Gasteiger partial charge on any atom is -0.495 e. The van der Waals surface area contributed by atoms with Gasteiger partial charge < -0.3 is 15.0 Å². The molecule has 27 heavy (non-hydrogen) atoms. The molecule has 0 spiro atoms. The Labute approximate surface area is 160 Å². The number of nitrogens with zero attached hydrogens (tertiary/aromatic N) is 2. The molecule has 0 heterocycles. The molecule has 0 saturated heterocycles. The number of sulfonamides is 1. The highest BCUT2D eigenvalue weighted by Gasteiger charge is 2.22. The number of rotatable bonds is 7. The monoisotopic (exact) mass is 391 g/mol. The van der Waals surface area contributed by atoms with E-state index in [2.05, 4.69) is 5.32 Å². The van der Waals surface area contributed by atoms with Crippen molar-refractivity contribution in [2.24, 2.45) is 0 Å². The van der Waals surface area contributed by atoms with E-state index in [1.54, 1.807) is 0 Å². The number of amides is 1. The van der Waals surface area contributed by atoms with Gasteiger partial charge in [0.15, 0.2) is 0 Å². The fourth-order valence-electron chi connectivity index (χ4n) is 2.56. The van der Waals surface area contributed by atoms with Gasteiger partial charge in [0, 0.05) is 40.3 Å². The Morgan fingerprint density at radius 3 is 2.22 bits per heavy atom. The van der Waals surface area contributed by atoms with Gasteiger partial charge >= 0.3 is 0 Å². The molecule has 2 rings (SSSR count). The van der Waals surface area contributed by atoms with E-state index in [4.69, 9.17) is 4.74 Å². The largest absolute Gasteiger partial charge is 0.495 e. The predicted molar refractivity (Wildman–Crippen MR) is 107 cm³/mol. The van der Waals surface area contributed by atoms with Crippen molar-refractivity contribution in [1.82, 2.24) is 4.31 Å². The summed E-state index contributed by atoms with van der Waals surface area (Å²) in [6, 6.07) is 12.1. The standard InChI is InChI=1S/C19H25N3O4S/c1-14(23)20-18-12-17(10-11-19(18)26-5)27(24,25)22(4)13-15-6-8-16(9-7-15)21(2)3/h6-12H,13H2,1-5H3,(H,20,23). The lowest BCUT2D eigenvalue weighted by Gasteiger charge is -2.19. The van der Waals surface area contributed by atoms with Crippen molar-refractivity contribution in [3.63, 3.8) is 0 Å². The molecular formula is C19H25N3O4S. The highest BCUT2D eigenvalue weighted by molar-refractivity contribution is 7.89. The second-order valence-corrected chi connectivity index (χ2v) is 8.41. The molecule has 0 aromatic heterocycles. The van der Waals surface area contributed by atoms with Crippen molar-refractivity contribution in [3.8, 4) is 5.75 Å². The molecule has 146 valence electrons. The minimum atomic E-state index is -3.73. The number of carbonyl (C=O) groups excluding carboxylic acids is 1. The number of ether oxygens (including phenoxy) is 1. The Kier molecular flexibility index (Phi) is 6.45. The first-order valence-electron chi connectivity index (χ1n) is 8.33. The van der Waals surface area contributed by atoms with Crippen molar-refractivity contribution < 1.29 is 17.9 Å². The Hall–Kier alpha value is -2.58. The van der Waals surface area contributed by atoms with Crippen LogP contribution < -0.4 is 15.0 Å². The van der Waals surface area contributed by atoms with Crippen LogP contribution in [0, 0.1) is 0 Å². The summed E-state index contributed by atoms with van der Waals surface area (Å²) in [5.41, 5.74) is 2.23. The molecule has 0 atom stereocenters. The van der Waals surface area contributed by atoms with Crippen LogP contribution in [0.4, 0.5) is 11.4 Å². The van der Waals surface area contributed by atoms with E-state index in [-0.39, 0.29) is 17.3 Å². The van der Waals surface area contributed by atoms with Gasteiger partial charge in [-0.3, -0.25) is 4.79 Å². The molecule has 0 bridgehead atoms. The van der Waals surface area contributed by atoms with Gasteiger partial charge in [-0.25, -0.2) is 8.42 Å². The van der Waals surface area contributed by atoms with Crippen molar-refractivity contribution in [1.29, 1.82) is 0 Å². The summed E-state index contributed by atoms with van der Waals surface area (Å²) in [6.45, 7) is 1.58. The summed E-state index contributed by atoms with van der Waals surface area (Å²) in [7, 11) is 3.14. The van der Waals surface area contributed by atoms with Crippen molar-refractivity contribution in [3.05, 3.63) is 48.0 Å². The van der Waals surface area contributed by atoms with Gasteiger partial charge in [0.2, 0.25) is 15.9 Å². The number of benzene rings is 2. The summed E-state index contributed by atoms with van der Waals surface area (Å²) >= 11 is 0. The van der Waals surface area contributed by atoms with Crippen LogP contribution in [0.2, 0.25) is 0 Å². The lowest BCUT2D eigenvalue weighted by atomic mass is 10.2. The third kappa shape index (κ3) is 4.99. The van der Waals surface area contributed by atoms with Gasteiger partial charge in [-0.1, -0.05) is 12.1 Å². The van der Waals surface area contributed by atoms with Gasteiger partial charge in [0.1, 0.15) is 5.75 Å². The topological polar surface area (TPSA) is 79.0 Å². The Morgan fingerprint density at radius 1 is 1.07 bits per heavy atom. The van der Waals surface area contributed by atoms with E-state index in [0.29, 0.717) is 11.4 Å². The van der Waals surface area contributed by atoms with Crippen LogP contribution in [-0.2, 0) is 21.4 Å². The van der Waals surface area contributed by atoms with Crippen LogP contribution in [0.3, 0.4) is 0 Å². The zero-order valence-electron chi connectivity index (χ0n) is 16.2. The van der Waals surface area contributed by atoms with Gasteiger partial charge in [-0.2, -0.15) is 4.31 Å². The van der Waals surface area contributed by atoms with E-state index in [9.17, 15) is 13.2 Å². The average molecular weight is 391 g/mol. The molecule has 0 aliphatic carbocycles. The number of nitrogens with one attached hydrogen (secondary N) is 1. The van der Waals surface area contributed by atoms with E-state index in [1.807, 2.05) is 43.3 Å². The van der Waals surface area contributed by atoms with Crippen molar-refractivity contribution >= 4 is 27.3 Å². The highest BCUT2D eigenvalue weighted by atomic mass is 32.2. The molecule has 0 aliphatic heterocycles. The molecule has 0 radical (unpaired) electrons. The predicted octanol–water partition coefficient (Wildman–Crippen LogP) is 2.54. The van der Waals surface area contributed by atoms with E-state index < -0.39 is 10.0 Å². The van der Waals surface area contributed by atoms with Crippen molar-refractivity contribution in [2.75, 3.05) is 38.5 Å². The Bertz CT molecular complexity index is 909. The molecule has 2 aromatic rings. The first-order chi connectivity index (χ1) is 12.6. The molecular weight excluding hydrogens is 366 g/mol. The summed E-state index contributed by atoms with van der Waals surface area (Å²) in [4.78, 5) is 13.4. The molecule has 8 heteroatoms. The lowest BCUT2D eigenvalue weighted by Crippen LogP contribution is -2.26. The van der Waals surface area contributed by atoms with Gasteiger partial charge in [-0.15, -0.1) is 0 Å². The molecule has 2 aromatic carbocycles. The Balaban J connectivity index is 2.27. The average Bonchev–Trinajstić information content (AvgIpc) is 2.61. The molecule has 7 nitrogen and oxygen atoms in total. The molecule has 0 aliphatic rings. The molecule has 0 saturated carbocycles. The maximum Gasteiger partial charge on any atom is 0.243 e. The molecule has 1 amide bonds. The van der Waals surface area contributed by atoms with Gasteiger partial charge in [0.25, 0.3) is 0 Å². The maximum absolute atomic E-state index is 12.9. The second kappa shape index (κ2) is 8.41. The molecule has 1 N–H and O–H groups in total. The third-order valence-electron chi connectivity index (χ3n) is 4.05. The molecule has 0 unspecified atom stereocenters. The summed E-state index contributed by atoms with van der Waals surface area (Å²) in [6.07, 6.45) is 0. The number of anilines is 2. The minimum absolute atomic E-state index is 0.0828. The zero-order valence-corrected chi connectivity index (χ0v) is 17.0. The van der Waals surface area contributed by atoms with Crippen LogP contribution in [0.1, 0.15) is 12.5 Å². The van der Waals surface area contributed by atoms with Gasteiger partial charge in [0.05, 0.1) is 17.7 Å². The first kappa shape index (κ1) is 20.7. The quantitative estimate of drug-likeness (QED) is 0.785. The fraction of sp³-hybridized carbons (Fsp3) is 0.316. The number of hydrogen-bond donors (Lipinski definition) is 1. The van der Waals surface area contributed by atoms with Crippen LogP contribution in [-0.4, -0.2) is 46.9 Å². The van der Waals surface area contributed by atoms with E-state index in [0.717, 1.165) is 11.3 Å². The SMILES string of the molecule is COc1ccc(S(=O)(=O)N(C)Cc2ccc(N(C)C)cc2)cc1NC(C)=O. The smallest absolute Gasteiger partial charge is 0.243 e. The number of carbonyl (C=O) groups is 1. The zero-order chi connectivity index (χ0) is 20.2. The maximum atomic E-state index is 12.9. The summed E-state index contributed by atoms with van der Waals surface area (Å²) in [5.74, 6) is 0.0864. The van der Waals surface area contributed by atoms with Crippen LogP contribution in [0.5, 0.6) is 5.75 Å². The van der Waals surface area contributed by atoms with E-state index in [1.165, 1.54) is 43.6 Å². The third-order valence-corrected chi connectivity index (χ3v) is 5.85. The summed E-state index contributed by atoms with van der Waals surface area (Å²) < 4.78 is 32.3. The first-order valence-corrected chi connectivity index (χ1v) is 9.77. The lowest BCUT2D eigenvalue weighted by molar-refractivity contribution is -0.114. The van der Waals surface area contributed by atoms with Crippen LogP contribution in [0.15, 0.2) is 47.4 Å². The second-order valence-electron chi connectivity index (χ2n) is 6.37. The Morgan fingerprint density at radius 2 is 1.70 bits per heavy atom. The fourth-order valence-corrected chi connectivity index (χ4v) is 3.74. The highest BCUT2D eigenvalue weighted by Crippen LogP contribution is 2.29. The van der Waals surface area contributed by atoms with Crippen LogP contribution in [0.25, 0.3) is 0 Å². The van der Waals surface area contributed by atoms with E-state index >= 15 is 0 Å². The van der Waals surface area contributed by atoms with Crippen molar-refractivity contribution in [2.45, 2.75) is 18.4 Å². The number of hydrogen-bond acceptors (Lipinski definition) is 5. The van der Waals surface area contributed by atoms with Crippen LogP contribution >= 0.6 is 0 Å². The van der Waals surface area contributed by atoms with Gasteiger partial charge in [-0.05, 0) is 35.9 Å². The summed E-state index contributed by atoms with van der Waals surface area (Å²) in [5, 5.41) is 2.59. The normalized spacial score (nSPS) is 11.3. The molecule has 0 fully saturated rings. The number of methoxy groups -OCH3 is 1.